The Balaban J connectivity index is 1.69. The second kappa shape index (κ2) is 8.68. The Morgan fingerprint density at radius 2 is 1.70 bits per heavy atom. The van der Waals surface area contributed by atoms with E-state index in [4.69, 9.17) is 17.3 Å². The Hall–Kier alpha value is -3.17. The predicted octanol–water partition coefficient (Wildman–Crippen LogP) is 3.71. The van der Waals surface area contributed by atoms with Crippen molar-refractivity contribution in [3.63, 3.8) is 0 Å². The van der Waals surface area contributed by atoms with Gasteiger partial charge in [0.05, 0.1) is 5.75 Å². The van der Waals surface area contributed by atoms with Crippen LogP contribution in [0.25, 0.3) is 17.1 Å². The number of anilines is 2. The van der Waals surface area contributed by atoms with Crippen LogP contribution in [0.5, 0.6) is 0 Å². The van der Waals surface area contributed by atoms with Gasteiger partial charge < -0.3 is 10.6 Å². The van der Waals surface area contributed by atoms with E-state index in [9.17, 15) is 0 Å². The lowest BCUT2D eigenvalue weighted by molar-refractivity contribution is 0.878. The lowest BCUT2D eigenvalue weighted by atomic mass is 10.2. The summed E-state index contributed by atoms with van der Waals surface area (Å²) in [5.41, 5.74) is 7.71. The number of hydrogen-bond donors (Lipinski definition) is 1. The molecular weight excluding hydrogens is 420 g/mol. The largest absolute Gasteiger partial charge is 0.368 e. The van der Waals surface area contributed by atoms with Gasteiger partial charge in [-0.15, -0.1) is 10.2 Å². The Morgan fingerprint density at radius 1 is 0.967 bits per heavy atom. The van der Waals surface area contributed by atoms with Gasteiger partial charge in [-0.2, -0.15) is 15.0 Å². The van der Waals surface area contributed by atoms with Crippen LogP contribution in [0.3, 0.4) is 0 Å². The van der Waals surface area contributed by atoms with E-state index in [0.29, 0.717) is 22.5 Å². The van der Waals surface area contributed by atoms with Crippen molar-refractivity contribution >= 4 is 35.3 Å². The topological polar surface area (TPSA) is 98.6 Å². The van der Waals surface area contributed by atoms with Crippen molar-refractivity contribution in [2.75, 3.05) is 24.7 Å². The number of benzene rings is 2. The molecule has 4 rings (SSSR count). The van der Waals surface area contributed by atoms with Gasteiger partial charge in [-0.3, -0.25) is 4.57 Å². The van der Waals surface area contributed by atoms with E-state index in [1.807, 2.05) is 73.3 Å². The van der Waals surface area contributed by atoms with Crippen molar-refractivity contribution in [3.8, 4) is 17.1 Å². The van der Waals surface area contributed by atoms with E-state index in [-0.39, 0.29) is 5.95 Å². The lowest BCUT2D eigenvalue weighted by Crippen LogP contribution is -2.16. The number of nitrogens with zero attached hydrogens (tertiary/aromatic N) is 7. The molecule has 30 heavy (non-hydrogen) atoms. The highest BCUT2D eigenvalue weighted by Crippen LogP contribution is 2.30. The van der Waals surface area contributed by atoms with E-state index in [0.717, 1.165) is 22.2 Å². The highest BCUT2D eigenvalue weighted by molar-refractivity contribution is 7.98. The summed E-state index contributed by atoms with van der Waals surface area (Å²) in [5, 5.41) is 10.2. The standard InChI is InChI=1S/C20H19ClN8S/c1-28(2)19-24-16(23-18(22)25-19)12-30-20-27-26-17(13-8-10-14(21)11-9-13)29(20)15-6-4-3-5-7-15/h3-11H,12H2,1-2H3,(H2,22,23,24,25). The summed E-state index contributed by atoms with van der Waals surface area (Å²) in [6.07, 6.45) is 0. The predicted molar refractivity (Wildman–Crippen MR) is 120 cm³/mol. The number of rotatable bonds is 6. The summed E-state index contributed by atoms with van der Waals surface area (Å²) in [7, 11) is 3.71. The molecule has 0 atom stereocenters. The normalized spacial score (nSPS) is 10.9. The highest BCUT2D eigenvalue weighted by atomic mass is 35.5. The summed E-state index contributed by atoms with van der Waals surface area (Å²) in [6.45, 7) is 0. The maximum Gasteiger partial charge on any atom is 0.229 e. The van der Waals surface area contributed by atoms with Gasteiger partial charge in [0, 0.05) is 30.4 Å². The Kier molecular flexibility index (Phi) is 5.82. The Bertz CT molecular complexity index is 1150. The number of halogens is 1. The molecule has 0 aliphatic carbocycles. The molecule has 2 heterocycles. The third-order valence-corrected chi connectivity index (χ3v) is 5.34. The first-order valence-corrected chi connectivity index (χ1v) is 10.4. The van der Waals surface area contributed by atoms with Crippen LogP contribution in [0.2, 0.25) is 5.02 Å². The number of para-hydroxylation sites is 1. The molecule has 0 amide bonds. The van der Waals surface area contributed by atoms with E-state index in [1.54, 1.807) is 4.90 Å². The van der Waals surface area contributed by atoms with Crippen LogP contribution < -0.4 is 10.6 Å². The molecule has 4 aromatic rings. The molecule has 2 aromatic heterocycles. The van der Waals surface area contributed by atoms with Crippen LogP contribution in [0, 0.1) is 0 Å². The van der Waals surface area contributed by atoms with Crippen LogP contribution in [-0.2, 0) is 5.75 Å². The van der Waals surface area contributed by atoms with E-state index in [2.05, 4.69) is 25.1 Å². The first kappa shape index (κ1) is 20.1. The Morgan fingerprint density at radius 3 is 2.40 bits per heavy atom. The van der Waals surface area contributed by atoms with Crippen LogP contribution in [-0.4, -0.2) is 43.8 Å². The number of nitrogen functional groups attached to an aromatic ring is 1. The quantitative estimate of drug-likeness (QED) is 0.455. The van der Waals surface area contributed by atoms with E-state index >= 15 is 0 Å². The van der Waals surface area contributed by atoms with Gasteiger partial charge in [-0.05, 0) is 36.4 Å². The maximum atomic E-state index is 6.05. The first-order valence-electron chi connectivity index (χ1n) is 9.08. The van der Waals surface area contributed by atoms with E-state index < -0.39 is 0 Å². The second-order valence-electron chi connectivity index (χ2n) is 6.58. The summed E-state index contributed by atoms with van der Waals surface area (Å²) < 4.78 is 2.01. The number of hydrogen-bond acceptors (Lipinski definition) is 8. The van der Waals surface area contributed by atoms with Crippen LogP contribution >= 0.6 is 23.4 Å². The van der Waals surface area contributed by atoms with Gasteiger partial charge in [-0.25, -0.2) is 0 Å². The molecule has 0 saturated carbocycles. The molecule has 10 heteroatoms. The molecule has 0 saturated heterocycles. The molecule has 0 radical (unpaired) electrons. The minimum atomic E-state index is 0.190. The molecule has 0 bridgehead atoms. The summed E-state index contributed by atoms with van der Waals surface area (Å²) in [5.74, 6) is 2.48. The van der Waals surface area contributed by atoms with Gasteiger partial charge in [0.15, 0.2) is 11.0 Å². The van der Waals surface area contributed by atoms with E-state index in [1.165, 1.54) is 11.8 Å². The molecule has 2 N–H and O–H groups in total. The van der Waals surface area contributed by atoms with Gasteiger partial charge >= 0.3 is 0 Å². The molecule has 0 spiro atoms. The number of nitrogens with two attached hydrogens (primary N) is 1. The second-order valence-corrected chi connectivity index (χ2v) is 7.96. The molecule has 0 fully saturated rings. The van der Waals surface area contributed by atoms with Crippen molar-refractivity contribution in [1.29, 1.82) is 0 Å². The van der Waals surface area contributed by atoms with Gasteiger partial charge in [0.1, 0.15) is 5.82 Å². The van der Waals surface area contributed by atoms with Crippen LogP contribution in [0.1, 0.15) is 5.82 Å². The summed E-state index contributed by atoms with van der Waals surface area (Å²) in [4.78, 5) is 14.6. The number of aromatic nitrogens is 6. The fourth-order valence-corrected chi connectivity index (χ4v) is 3.71. The Labute approximate surface area is 183 Å². The fraction of sp³-hybridized carbons (Fsp3) is 0.150. The fourth-order valence-electron chi connectivity index (χ4n) is 2.78. The van der Waals surface area contributed by atoms with Crippen LogP contribution in [0.15, 0.2) is 59.8 Å². The SMILES string of the molecule is CN(C)c1nc(N)nc(CSc2nnc(-c3ccc(Cl)cc3)n2-c2ccccc2)n1. The third-order valence-electron chi connectivity index (χ3n) is 4.17. The molecule has 152 valence electrons. The first-order chi connectivity index (χ1) is 14.5. The zero-order chi connectivity index (χ0) is 21.1. The zero-order valence-electron chi connectivity index (χ0n) is 16.4. The molecule has 2 aromatic carbocycles. The molecule has 8 nitrogen and oxygen atoms in total. The van der Waals surface area contributed by atoms with Crippen molar-refractivity contribution in [2.24, 2.45) is 0 Å². The van der Waals surface area contributed by atoms with Crippen molar-refractivity contribution in [3.05, 3.63) is 65.4 Å². The summed E-state index contributed by atoms with van der Waals surface area (Å²) >= 11 is 7.53. The molecule has 0 unspecified atom stereocenters. The monoisotopic (exact) mass is 438 g/mol. The maximum absolute atomic E-state index is 6.05. The minimum Gasteiger partial charge on any atom is -0.368 e. The highest BCUT2D eigenvalue weighted by Gasteiger charge is 2.17. The smallest absolute Gasteiger partial charge is 0.229 e. The molecule has 0 aliphatic heterocycles. The lowest BCUT2D eigenvalue weighted by Gasteiger charge is -2.12. The minimum absolute atomic E-state index is 0.190. The molecule has 0 aliphatic rings. The zero-order valence-corrected chi connectivity index (χ0v) is 18.0. The summed E-state index contributed by atoms with van der Waals surface area (Å²) in [6, 6.07) is 17.5. The number of thioether (sulfide) groups is 1. The average Bonchev–Trinajstić information content (AvgIpc) is 3.17. The van der Waals surface area contributed by atoms with Crippen LogP contribution in [0.4, 0.5) is 11.9 Å². The molecular formula is C20H19ClN8S. The average molecular weight is 439 g/mol. The van der Waals surface area contributed by atoms with Crippen molar-refractivity contribution < 1.29 is 0 Å². The van der Waals surface area contributed by atoms with Crippen molar-refractivity contribution in [2.45, 2.75) is 10.9 Å². The third kappa shape index (κ3) is 4.37. The van der Waals surface area contributed by atoms with Crippen molar-refractivity contribution in [1.82, 2.24) is 29.7 Å². The van der Waals surface area contributed by atoms with Gasteiger partial charge in [-0.1, -0.05) is 41.6 Å². The van der Waals surface area contributed by atoms with Gasteiger partial charge in [0.25, 0.3) is 0 Å². The van der Waals surface area contributed by atoms with Gasteiger partial charge in [0.2, 0.25) is 11.9 Å².